The summed E-state index contributed by atoms with van der Waals surface area (Å²) >= 11 is 0. The van der Waals surface area contributed by atoms with E-state index in [1.54, 1.807) is 52.5 Å². The molecule has 7 fully saturated rings. The van der Waals surface area contributed by atoms with Crippen LogP contribution < -0.4 is 4.90 Å². The fourth-order valence-corrected chi connectivity index (χ4v) is 13.2. The third-order valence-corrected chi connectivity index (χ3v) is 14.6. The molecule has 1 aromatic carbocycles. The highest BCUT2D eigenvalue weighted by molar-refractivity contribution is 6.22. The molecule has 51 heavy (non-hydrogen) atoms. The van der Waals surface area contributed by atoms with E-state index in [2.05, 4.69) is 4.90 Å². The molecule has 0 radical (unpaired) electrons. The number of piperidine rings is 1. The van der Waals surface area contributed by atoms with E-state index in [0.29, 0.717) is 32.4 Å². The number of imide groups is 1. The summed E-state index contributed by atoms with van der Waals surface area (Å²) in [6.07, 6.45) is -0.303. The Morgan fingerprint density at radius 3 is 2.43 bits per heavy atom. The minimum Gasteiger partial charge on any atom is -0.462 e. The number of rotatable bonds is 9. The maximum Gasteiger partial charge on any atom is 0.340 e. The Kier molecular flexibility index (Phi) is 8.11. The van der Waals surface area contributed by atoms with Crippen LogP contribution in [0.15, 0.2) is 24.3 Å². The van der Waals surface area contributed by atoms with Gasteiger partial charge in [0.2, 0.25) is 11.8 Å². The van der Waals surface area contributed by atoms with E-state index in [0.717, 1.165) is 4.90 Å². The molecule has 278 valence electrons. The molecule has 6 unspecified atom stereocenters. The van der Waals surface area contributed by atoms with Crippen LogP contribution in [0.2, 0.25) is 0 Å². The number of hydrogen-bond donors (Lipinski definition) is 2. The molecule has 2 N–H and O–H groups in total. The molecule has 5 saturated carbocycles. The number of hydrogen-bond acceptors (Lipinski definition) is 12. The summed E-state index contributed by atoms with van der Waals surface area (Å²) in [5, 5.41) is 26.7. The lowest BCUT2D eigenvalue weighted by atomic mass is 9.42. The van der Waals surface area contributed by atoms with Crippen LogP contribution in [-0.4, -0.2) is 122 Å². The molecule has 13 heteroatoms. The van der Waals surface area contributed by atoms with Crippen molar-refractivity contribution in [2.75, 3.05) is 45.9 Å². The predicted molar refractivity (Wildman–Crippen MR) is 179 cm³/mol. The zero-order valence-electron chi connectivity index (χ0n) is 30.2. The third kappa shape index (κ3) is 4.19. The van der Waals surface area contributed by atoms with Crippen molar-refractivity contribution in [2.45, 2.75) is 94.5 Å². The summed E-state index contributed by atoms with van der Waals surface area (Å²) in [4.78, 5) is 55.9. The Labute approximate surface area is 297 Å². The fraction of sp³-hybridized carbons (Fsp3) is 0.737. The average Bonchev–Trinajstić information content (AvgIpc) is 3.61. The minimum absolute atomic E-state index is 0.0201. The van der Waals surface area contributed by atoms with Gasteiger partial charge in [-0.25, -0.2) is 9.69 Å². The highest BCUT2D eigenvalue weighted by Gasteiger charge is 2.92. The van der Waals surface area contributed by atoms with Gasteiger partial charge in [-0.15, -0.1) is 0 Å². The number of likely N-dealkylation sites (N-methyl/N-ethyl adjacent to an activating group) is 1. The van der Waals surface area contributed by atoms with E-state index in [1.807, 2.05) is 6.92 Å². The van der Waals surface area contributed by atoms with Crippen LogP contribution in [-0.2, 0) is 38.1 Å². The average molecular weight is 711 g/mol. The van der Waals surface area contributed by atoms with Gasteiger partial charge in [0.15, 0.2) is 0 Å². The molecule has 2 amide bonds. The van der Waals surface area contributed by atoms with Gasteiger partial charge in [0.05, 0.1) is 42.2 Å². The second kappa shape index (κ2) is 11.8. The monoisotopic (exact) mass is 710 g/mol. The van der Waals surface area contributed by atoms with Crippen LogP contribution in [0.4, 0.5) is 5.69 Å². The van der Waals surface area contributed by atoms with Crippen LogP contribution in [0.5, 0.6) is 0 Å². The zero-order valence-corrected chi connectivity index (χ0v) is 30.2. The van der Waals surface area contributed by atoms with E-state index in [9.17, 15) is 29.4 Å². The van der Waals surface area contributed by atoms with E-state index >= 15 is 0 Å². The van der Waals surface area contributed by atoms with Gasteiger partial charge < -0.3 is 33.9 Å². The van der Waals surface area contributed by atoms with Crippen molar-refractivity contribution >= 4 is 29.4 Å². The van der Waals surface area contributed by atoms with Crippen LogP contribution in [0, 0.1) is 40.4 Å². The quantitative estimate of drug-likeness (QED) is 0.284. The molecular formula is C38H50N2O11. The Morgan fingerprint density at radius 1 is 1.06 bits per heavy atom. The van der Waals surface area contributed by atoms with Gasteiger partial charge in [0.25, 0.3) is 0 Å². The molecule has 2 heterocycles. The third-order valence-electron chi connectivity index (χ3n) is 14.6. The largest absolute Gasteiger partial charge is 0.462 e. The van der Waals surface area contributed by atoms with Crippen LogP contribution >= 0.6 is 0 Å². The van der Waals surface area contributed by atoms with E-state index < -0.39 is 76.1 Å². The molecule has 14 atom stereocenters. The van der Waals surface area contributed by atoms with Crippen molar-refractivity contribution < 1.29 is 53.1 Å². The van der Waals surface area contributed by atoms with E-state index in [1.165, 1.54) is 6.92 Å². The van der Waals surface area contributed by atoms with Crippen molar-refractivity contribution in [1.82, 2.24) is 4.90 Å². The molecule has 7 aliphatic rings. The lowest BCUT2D eigenvalue weighted by molar-refractivity contribution is -0.319. The Balaban J connectivity index is 1.24. The van der Waals surface area contributed by atoms with Crippen molar-refractivity contribution in [3.8, 4) is 0 Å². The number of methoxy groups -OCH3 is 3. The van der Waals surface area contributed by atoms with Crippen LogP contribution in [0.25, 0.3) is 0 Å². The molecule has 2 aliphatic heterocycles. The van der Waals surface area contributed by atoms with Crippen molar-refractivity contribution in [1.29, 1.82) is 0 Å². The van der Waals surface area contributed by atoms with Crippen molar-refractivity contribution in [2.24, 2.45) is 40.4 Å². The highest BCUT2D eigenvalue weighted by atomic mass is 16.6. The SMILES string of the molecule is CCN1C[C@]2(COC(=O)c3ccccc3N3C(=O)C[C@H](C)C3=O)CCC(OC)C34C2C(OC)[C@](O)(C13)[C@@]1(O)C[C@H](OC)C2C[C@@H]4[C@@H]1[C@H]2OC(C)=O. The lowest BCUT2D eigenvalue weighted by Gasteiger charge is -2.70. The second-order valence-electron chi connectivity index (χ2n) is 16.3. The number of fused-ring (bicyclic) bond motifs is 2. The van der Waals surface area contributed by atoms with Gasteiger partial charge in [-0.05, 0) is 43.9 Å². The summed E-state index contributed by atoms with van der Waals surface area (Å²) in [5.74, 6) is -3.74. The van der Waals surface area contributed by atoms with Gasteiger partial charge in [0, 0.05) is 82.1 Å². The number of amides is 2. The standard InChI is InChI=1S/C38H50N2O11/c1-7-39-17-35(18-50-33(44)21-10-8-9-11-24(21)40-27(42)14-19(2)32(40)43)13-12-26(48-5)37-23-15-22-25(47-4)16-36(45,28(23)29(22)51-20(3)41)38(46,34(37)39)31(49-6)30(35)37/h8-11,19,22-23,25-26,28-31,34,45-46H,7,12-18H2,1-6H3/t19-,22?,23+,25-,26?,28+,29-,30?,31?,34?,35-,36+,37?,38-/m0/s1. The van der Waals surface area contributed by atoms with Crippen molar-refractivity contribution in [3.05, 3.63) is 29.8 Å². The molecule has 2 saturated heterocycles. The molecule has 13 nitrogen and oxygen atoms in total. The first kappa shape index (κ1) is 35.1. The first-order valence-corrected chi connectivity index (χ1v) is 18.4. The van der Waals surface area contributed by atoms with E-state index in [4.69, 9.17) is 23.7 Å². The van der Waals surface area contributed by atoms with Gasteiger partial charge in [-0.1, -0.05) is 26.0 Å². The Morgan fingerprint density at radius 2 is 1.80 bits per heavy atom. The maximum absolute atomic E-state index is 14.1. The second-order valence-corrected chi connectivity index (χ2v) is 16.3. The fourth-order valence-electron chi connectivity index (χ4n) is 13.2. The molecular weight excluding hydrogens is 660 g/mol. The summed E-state index contributed by atoms with van der Waals surface area (Å²) < 4.78 is 31.1. The number of ether oxygens (including phenoxy) is 5. The Bertz CT molecular complexity index is 1650. The summed E-state index contributed by atoms with van der Waals surface area (Å²) in [6, 6.07) is 5.95. The maximum atomic E-state index is 14.1. The number of anilines is 1. The van der Waals surface area contributed by atoms with Gasteiger partial charge in [-0.2, -0.15) is 0 Å². The lowest BCUT2D eigenvalue weighted by Crippen LogP contribution is -2.82. The van der Waals surface area contributed by atoms with Crippen LogP contribution in [0.1, 0.15) is 63.2 Å². The molecule has 1 spiro atoms. The van der Waals surface area contributed by atoms with Gasteiger partial charge in [0.1, 0.15) is 17.3 Å². The molecule has 8 rings (SSSR count). The Hall–Kier alpha value is -2.94. The van der Waals surface area contributed by atoms with Gasteiger partial charge in [-0.3, -0.25) is 19.3 Å². The molecule has 7 bridgehead atoms. The number of para-hydroxylation sites is 1. The van der Waals surface area contributed by atoms with Crippen molar-refractivity contribution in [3.63, 3.8) is 0 Å². The van der Waals surface area contributed by atoms with Crippen LogP contribution in [0.3, 0.4) is 0 Å². The highest BCUT2D eigenvalue weighted by Crippen LogP contribution is 2.80. The summed E-state index contributed by atoms with van der Waals surface area (Å²) in [5.41, 5.74) is -4.72. The molecule has 0 aromatic heterocycles. The van der Waals surface area contributed by atoms with Gasteiger partial charge >= 0.3 is 11.9 Å². The topological polar surface area (TPSA) is 161 Å². The zero-order chi connectivity index (χ0) is 36.4. The number of carbonyl (C=O) groups is 4. The number of esters is 2. The summed E-state index contributed by atoms with van der Waals surface area (Å²) in [7, 11) is 4.85. The number of carbonyl (C=O) groups excluding carboxylic acids is 4. The number of aliphatic hydroxyl groups is 2. The summed E-state index contributed by atoms with van der Waals surface area (Å²) in [6.45, 7) is 6.10. The molecule has 1 aromatic rings. The normalized spacial score (nSPS) is 46.4. The minimum atomic E-state index is -1.82. The number of benzene rings is 1. The number of likely N-dealkylation sites (tertiary alicyclic amines) is 1. The smallest absolute Gasteiger partial charge is 0.340 e. The first-order valence-electron chi connectivity index (χ1n) is 18.4. The number of nitrogens with zero attached hydrogens (tertiary/aromatic N) is 2. The van der Waals surface area contributed by atoms with E-state index in [-0.39, 0.29) is 60.5 Å². The first-order chi connectivity index (χ1) is 24.3. The molecule has 5 aliphatic carbocycles. The predicted octanol–water partition coefficient (Wildman–Crippen LogP) is 1.95.